The number of hydrogen-bond donors (Lipinski definition) is 2. The van der Waals surface area contributed by atoms with Crippen molar-refractivity contribution in [2.45, 2.75) is 6.42 Å². The van der Waals surface area contributed by atoms with Gasteiger partial charge in [0.15, 0.2) is 0 Å². The van der Waals surface area contributed by atoms with Crippen molar-refractivity contribution >= 4 is 33.3 Å². The van der Waals surface area contributed by atoms with Gasteiger partial charge < -0.3 is 15.4 Å². The fraction of sp³-hybridized carbons (Fsp3) is 0.267. The van der Waals surface area contributed by atoms with E-state index in [4.69, 9.17) is 4.74 Å². The number of hydrogen-bond acceptors (Lipinski definition) is 5. The number of methoxy groups -OCH3 is 1. The second-order valence-electron chi connectivity index (χ2n) is 4.52. The standard InChI is InChI=1S/C15H17BrN4O2/c1-22-8-2-7-17-15(21)13-9-19-14(10-18-13)20-12-5-3-11(16)4-6-12/h3-6,9-10H,2,7-8H2,1H3,(H,17,21)(H,19,20). The third-order valence-electron chi connectivity index (χ3n) is 2.81. The van der Waals surface area contributed by atoms with Crippen LogP contribution in [0.25, 0.3) is 0 Å². The first kappa shape index (κ1) is 16.4. The monoisotopic (exact) mass is 364 g/mol. The van der Waals surface area contributed by atoms with Gasteiger partial charge in [0.25, 0.3) is 5.91 Å². The third-order valence-corrected chi connectivity index (χ3v) is 3.34. The lowest BCUT2D eigenvalue weighted by Crippen LogP contribution is -2.26. The zero-order valence-electron chi connectivity index (χ0n) is 12.2. The molecule has 1 amide bonds. The summed E-state index contributed by atoms with van der Waals surface area (Å²) in [4.78, 5) is 20.1. The summed E-state index contributed by atoms with van der Waals surface area (Å²) in [6.07, 6.45) is 3.75. The SMILES string of the molecule is COCCCNC(=O)c1cnc(Nc2ccc(Br)cc2)cn1. The molecular formula is C15H17BrN4O2. The number of benzene rings is 1. The van der Waals surface area contributed by atoms with Crippen LogP contribution in [-0.2, 0) is 4.74 Å². The van der Waals surface area contributed by atoms with Gasteiger partial charge in [-0.15, -0.1) is 0 Å². The van der Waals surface area contributed by atoms with E-state index in [2.05, 4.69) is 36.5 Å². The predicted molar refractivity (Wildman–Crippen MR) is 88.3 cm³/mol. The summed E-state index contributed by atoms with van der Waals surface area (Å²) < 4.78 is 5.92. The van der Waals surface area contributed by atoms with Gasteiger partial charge in [-0.2, -0.15) is 0 Å². The Kier molecular flexibility index (Phi) is 6.29. The maximum Gasteiger partial charge on any atom is 0.271 e. The molecule has 22 heavy (non-hydrogen) atoms. The van der Waals surface area contributed by atoms with E-state index in [9.17, 15) is 4.79 Å². The van der Waals surface area contributed by atoms with Crippen LogP contribution in [0.2, 0.25) is 0 Å². The van der Waals surface area contributed by atoms with Crippen LogP contribution in [-0.4, -0.2) is 36.1 Å². The molecule has 0 fully saturated rings. The lowest BCUT2D eigenvalue weighted by Gasteiger charge is -2.07. The van der Waals surface area contributed by atoms with Crippen molar-refractivity contribution in [3.63, 3.8) is 0 Å². The van der Waals surface area contributed by atoms with Crippen LogP contribution < -0.4 is 10.6 Å². The number of anilines is 2. The Morgan fingerprint density at radius 3 is 2.64 bits per heavy atom. The average molecular weight is 365 g/mol. The summed E-state index contributed by atoms with van der Waals surface area (Å²) in [6.45, 7) is 1.16. The molecule has 6 nitrogen and oxygen atoms in total. The molecule has 2 N–H and O–H groups in total. The second-order valence-corrected chi connectivity index (χ2v) is 5.44. The van der Waals surface area contributed by atoms with E-state index in [1.165, 1.54) is 12.4 Å². The highest BCUT2D eigenvalue weighted by Crippen LogP contribution is 2.17. The summed E-state index contributed by atoms with van der Waals surface area (Å²) in [5.74, 6) is 0.344. The molecule has 0 unspecified atom stereocenters. The average Bonchev–Trinajstić information content (AvgIpc) is 2.54. The highest BCUT2D eigenvalue weighted by atomic mass is 79.9. The Morgan fingerprint density at radius 2 is 2.00 bits per heavy atom. The van der Waals surface area contributed by atoms with Gasteiger partial charge in [-0.05, 0) is 30.7 Å². The second kappa shape index (κ2) is 8.45. The van der Waals surface area contributed by atoms with E-state index in [0.717, 1.165) is 16.6 Å². The number of carbonyl (C=O) groups excluding carboxylic acids is 1. The molecule has 0 spiro atoms. The fourth-order valence-electron chi connectivity index (χ4n) is 1.70. The molecule has 1 aromatic heterocycles. The molecule has 2 aromatic rings. The van der Waals surface area contributed by atoms with Crippen LogP contribution in [0, 0.1) is 0 Å². The minimum atomic E-state index is -0.237. The molecular weight excluding hydrogens is 348 g/mol. The highest BCUT2D eigenvalue weighted by Gasteiger charge is 2.07. The smallest absolute Gasteiger partial charge is 0.271 e. The number of carbonyl (C=O) groups is 1. The van der Waals surface area contributed by atoms with E-state index in [0.29, 0.717) is 24.7 Å². The molecule has 116 valence electrons. The normalized spacial score (nSPS) is 10.3. The molecule has 0 atom stereocenters. The highest BCUT2D eigenvalue weighted by molar-refractivity contribution is 9.10. The minimum Gasteiger partial charge on any atom is -0.385 e. The molecule has 0 saturated carbocycles. The van der Waals surface area contributed by atoms with Gasteiger partial charge in [-0.25, -0.2) is 9.97 Å². The molecule has 0 bridgehead atoms. The van der Waals surface area contributed by atoms with E-state index in [1.807, 2.05) is 24.3 Å². The largest absolute Gasteiger partial charge is 0.385 e. The van der Waals surface area contributed by atoms with Crippen molar-refractivity contribution in [2.24, 2.45) is 0 Å². The number of nitrogens with one attached hydrogen (secondary N) is 2. The lowest BCUT2D eigenvalue weighted by molar-refractivity contribution is 0.0943. The van der Waals surface area contributed by atoms with Crippen molar-refractivity contribution in [2.75, 3.05) is 25.6 Å². The van der Waals surface area contributed by atoms with Gasteiger partial charge in [0.1, 0.15) is 11.5 Å². The van der Waals surface area contributed by atoms with Crippen molar-refractivity contribution < 1.29 is 9.53 Å². The molecule has 0 aliphatic carbocycles. The molecule has 0 aliphatic rings. The molecule has 7 heteroatoms. The number of aromatic nitrogens is 2. The van der Waals surface area contributed by atoms with Gasteiger partial charge in [0.2, 0.25) is 0 Å². The van der Waals surface area contributed by atoms with E-state index < -0.39 is 0 Å². The van der Waals surface area contributed by atoms with Gasteiger partial charge in [0.05, 0.1) is 12.4 Å². The minimum absolute atomic E-state index is 0.237. The molecule has 2 rings (SSSR count). The summed E-state index contributed by atoms with van der Waals surface area (Å²) >= 11 is 3.38. The van der Waals surface area contributed by atoms with Crippen LogP contribution in [0.4, 0.5) is 11.5 Å². The summed E-state index contributed by atoms with van der Waals surface area (Å²) in [5.41, 5.74) is 1.19. The Morgan fingerprint density at radius 1 is 1.23 bits per heavy atom. The predicted octanol–water partition coefficient (Wildman–Crippen LogP) is 2.75. The summed E-state index contributed by atoms with van der Waals surface area (Å²) in [6, 6.07) is 7.69. The maximum atomic E-state index is 11.8. The Bertz CT molecular complexity index is 602. The van der Waals surface area contributed by atoms with E-state index in [1.54, 1.807) is 7.11 Å². The van der Waals surface area contributed by atoms with E-state index in [-0.39, 0.29) is 5.91 Å². The Labute approximate surface area is 137 Å². The molecule has 1 heterocycles. The first-order valence-electron chi connectivity index (χ1n) is 6.81. The van der Waals surface area contributed by atoms with Crippen molar-refractivity contribution in [1.82, 2.24) is 15.3 Å². The van der Waals surface area contributed by atoms with Crippen molar-refractivity contribution in [3.05, 3.63) is 46.8 Å². The fourth-order valence-corrected chi connectivity index (χ4v) is 1.96. The van der Waals surface area contributed by atoms with Crippen LogP contribution in [0.5, 0.6) is 0 Å². The Hall–Kier alpha value is -1.99. The topological polar surface area (TPSA) is 76.1 Å². The van der Waals surface area contributed by atoms with Crippen LogP contribution in [0.15, 0.2) is 41.1 Å². The van der Waals surface area contributed by atoms with Gasteiger partial charge in [-0.3, -0.25) is 4.79 Å². The van der Waals surface area contributed by atoms with Gasteiger partial charge >= 0.3 is 0 Å². The van der Waals surface area contributed by atoms with Crippen LogP contribution >= 0.6 is 15.9 Å². The van der Waals surface area contributed by atoms with E-state index >= 15 is 0 Å². The zero-order valence-corrected chi connectivity index (χ0v) is 13.8. The number of halogens is 1. The van der Waals surface area contributed by atoms with Crippen LogP contribution in [0.3, 0.4) is 0 Å². The number of nitrogens with zero attached hydrogens (tertiary/aromatic N) is 2. The summed E-state index contributed by atoms with van der Waals surface area (Å²) in [7, 11) is 1.63. The zero-order chi connectivity index (χ0) is 15.8. The van der Waals surface area contributed by atoms with Gasteiger partial charge in [-0.1, -0.05) is 15.9 Å². The van der Waals surface area contributed by atoms with Crippen molar-refractivity contribution in [3.8, 4) is 0 Å². The third kappa shape index (κ3) is 5.09. The maximum absolute atomic E-state index is 11.8. The van der Waals surface area contributed by atoms with Gasteiger partial charge in [0, 0.05) is 30.4 Å². The quantitative estimate of drug-likeness (QED) is 0.738. The first-order chi connectivity index (χ1) is 10.7. The number of ether oxygens (including phenoxy) is 1. The summed E-state index contributed by atoms with van der Waals surface area (Å²) in [5, 5.41) is 5.88. The Balaban J connectivity index is 1.89. The number of amides is 1. The van der Waals surface area contributed by atoms with Crippen LogP contribution in [0.1, 0.15) is 16.9 Å². The molecule has 0 saturated heterocycles. The molecule has 0 radical (unpaired) electrons. The molecule has 1 aromatic carbocycles. The lowest BCUT2D eigenvalue weighted by atomic mass is 10.3. The first-order valence-corrected chi connectivity index (χ1v) is 7.60. The van der Waals surface area contributed by atoms with Crippen molar-refractivity contribution in [1.29, 1.82) is 0 Å². The number of rotatable bonds is 7. The molecule has 0 aliphatic heterocycles.